The van der Waals surface area contributed by atoms with Crippen LogP contribution in [-0.2, 0) is 0 Å². The van der Waals surface area contributed by atoms with Crippen molar-refractivity contribution in [1.82, 2.24) is 0 Å². The molecule has 0 aliphatic rings. The number of benzene rings is 1. The monoisotopic (exact) mass is 196 g/mol. The molecule has 78 valence electrons. The van der Waals surface area contributed by atoms with Gasteiger partial charge < -0.3 is 10.6 Å². The van der Waals surface area contributed by atoms with Crippen LogP contribution in [0.15, 0.2) is 24.3 Å². The molecule has 0 bridgehead atoms. The average molecular weight is 196 g/mol. The maximum atomic E-state index is 13.3. The fourth-order valence-corrected chi connectivity index (χ4v) is 1.40. The molecule has 1 unspecified atom stereocenters. The van der Waals surface area contributed by atoms with Gasteiger partial charge in [0, 0.05) is 13.6 Å². The molecule has 1 aromatic rings. The van der Waals surface area contributed by atoms with Crippen LogP contribution in [0.2, 0.25) is 0 Å². The lowest BCUT2D eigenvalue weighted by Gasteiger charge is -2.22. The summed E-state index contributed by atoms with van der Waals surface area (Å²) in [5.74, 6) is 0.193. The first-order chi connectivity index (χ1) is 6.65. The Labute approximate surface area is 84.5 Å². The number of hydrogen-bond donors (Lipinski definition) is 1. The molecular weight excluding hydrogens is 179 g/mol. The molecule has 0 radical (unpaired) electrons. The van der Waals surface area contributed by atoms with Crippen LogP contribution in [-0.4, -0.2) is 20.1 Å². The average Bonchev–Trinajstić information content (AvgIpc) is 2.18. The molecule has 2 N–H and O–H groups in total. The summed E-state index contributed by atoms with van der Waals surface area (Å²) in [4.78, 5) is 1.90. The molecule has 0 aromatic heterocycles. The van der Waals surface area contributed by atoms with Crippen LogP contribution in [0.5, 0.6) is 0 Å². The van der Waals surface area contributed by atoms with Gasteiger partial charge in [-0.25, -0.2) is 4.39 Å². The van der Waals surface area contributed by atoms with Crippen molar-refractivity contribution in [3.63, 3.8) is 0 Å². The lowest BCUT2D eigenvalue weighted by atomic mass is 10.1. The van der Waals surface area contributed by atoms with Crippen molar-refractivity contribution in [2.45, 2.75) is 6.92 Å². The molecule has 1 aromatic carbocycles. The molecule has 0 aliphatic carbocycles. The van der Waals surface area contributed by atoms with Crippen LogP contribution in [0.3, 0.4) is 0 Å². The van der Waals surface area contributed by atoms with Gasteiger partial charge in [-0.1, -0.05) is 19.1 Å². The smallest absolute Gasteiger partial charge is 0.146 e. The zero-order chi connectivity index (χ0) is 10.6. The first-order valence-electron chi connectivity index (χ1n) is 4.81. The zero-order valence-corrected chi connectivity index (χ0v) is 8.70. The van der Waals surface area contributed by atoms with E-state index in [0.29, 0.717) is 18.2 Å². The summed E-state index contributed by atoms with van der Waals surface area (Å²) in [6.45, 7) is 3.45. The number of halogens is 1. The van der Waals surface area contributed by atoms with E-state index in [9.17, 15) is 4.39 Å². The zero-order valence-electron chi connectivity index (χ0n) is 8.70. The quantitative estimate of drug-likeness (QED) is 0.796. The molecule has 0 fully saturated rings. The number of anilines is 1. The van der Waals surface area contributed by atoms with E-state index in [0.717, 1.165) is 6.54 Å². The summed E-state index contributed by atoms with van der Waals surface area (Å²) in [5.41, 5.74) is 6.15. The normalized spacial score (nSPS) is 12.6. The van der Waals surface area contributed by atoms with Gasteiger partial charge in [0.25, 0.3) is 0 Å². The summed E-state index contributed by atoms with van der Waals surface area (Å²) < 4.78 is 13.3. The Morgan fingerprint density at radius 1 is 1.43 bits per heavy atom. The van der Waals surface area contributed by atoms with Crippen LogP contribution in [0.4, 0.5) is 10.1 Å². The van der Waals surface area contributed by atoms with Gasteiger partial charge in [0.15, 0.2) is 0 Å². The minimum absolute atomic E-state index is 0.181. The topological polar surface area (TPSA) is 29.3 Å². The molecule has 0 heterocycles. The summed E-state index contributed by atoms with van der Waals surface area (Å²) in [6.07, 6.45) is 0. The highest BCUT2D eigenvalue weighted by Gasteiger charge is 2.08. The Morgan fingerprint density at radius 2 is 2.07 bits per heavy atom. The van der Waals surface area contributed by atoms with Gasteiger partial charge in [0.1, 0.15) is 5.82 Å². The van der Waals surface area contributed by atoms with Crippen molar-refractivity contribution in [1.29, 1.82) is 0 Å². The van der Waals surface area contributed by atoms with Crippen molar-refractivity contribution in [3.05, 3.63) is 30.1 Å². The summed E-state index contributed by atoms with van der Waals surface area (Å²) in [5, 5.41) is 0. The second-order valence-corrected chi connectivity index (χ2v) is 3.67. The van der Waals surface area contributed by atoms with Crippen molar-refractivity contribution < 1.29 is 4.39 Å². The third-order valence-corrected chi connectivity index (χ3v) is 2.25. The van der Waals surface area contributed by atoms with E-state index >= 15 is 0 Å². The molecule has 14 heavy (non-hydrogen) atoms. The number of nitrogens with zero attached hydrogens (tertiary/aromatic N) is 1. The van der Waals surface area contributed by atoms with Crippen molar-refractivity contribution in [3.8, 4) is 0 Å². The molecule has 0 spiro atoms. The van der Waals surface area contributed by atoms with Gasteiger partial charge in [0.2, 0.25) is 0 Å². The minimum atomic E-state index is -0.181. The number of hydrogen-bond acceptors (Lipinski definition) is 2. The summed E-state index contributed by atoms with van der Waals surface area (Å²) >= 11 is 0. The van der Waals surface area contributed by atoms with E-state index in [1.165, 1.54) is 6.07 Å². The molecule has 2 nitrogen and oxygen atoms in total. The van der Waals surface area contributed by atoms with E-state index in [4.69, 9.17) is 5.73 Å². The van der Waals surface area contributed by atoms with Crippen LogP contribution in [0.25, 0.3) is 0 Å². The van der Waals surface area contributed by atoms with Crippen LogP contribution in [0, 0.1) is 11.7 Å². The van der Waals surface area contributed by atoms with Gasteiger partial charge >= 0.3 is 0 Å². The van der Waals surface area contributed by atoms with Crippen molar-refractivity contribution in [2.75, 3.05) is 25.0 Å². The highest BCUT2D eigenvalue weighted by Crippen LogP contribution is 2.17. The van der Waals surface area contributed by atoms with Gasteiger partial charge in [-0.15, -0.1) is 0 Å². The van der Waals surface area contributed by atoms with Crippen LogP contribution in [0.1, 0.15) is 6.92 Å². The van der Waals surface area contributed by atoms with E-state index in [1.807, 2.05) is 18.0 Å². The molecule has 1 rings (SSSR count). The lowest BCUT2D eigenvalue weighted by molar-refractivity contribution is 0.574. The van der Waals surface area contributed by atoms with Crippen LogP contribution >= 0.6 is 0 Å². The van der Waals surface area contributed by atoms with Gasteiger partial charge in [-0.3, -0.25) is 0 Å². The molecule has 1 atom stereocenters. The SMILES string of the molecule is CC(CN)CN(C)c1ccccc1F. The molecular formula is C11H17FN2. The van der Waals surface area contributed by atoms with Crippen molar-refractivity contribution >= 4 is 5.69 Å². The maximum absolute atomic E-state index is 13.3. The minimum Gasteiger partial charge on any atom is -0.372 e. The lowest BCUT2D eigenvalue weighted by Crippen LogP contribution is -2.28. The Bertz CT molecular complexity index is 288. The molecule has 0 aliphatic heterocycles. The molecule has 0 saturated heterocycles. The van der Waals surface area contributed by atoms with Gasteiger partial charge in [-0.2, -0.15) is 0 Å². The van der Waals surface area contributed by atoms with E-state index in [-0.39, 0.29) is 5.82 Å². The first kappa shape index (κ1) is 11.0. The molecule has 3 heteroatoms. The maximum Gasteiger partial charge on any atom is 0.146 e. The second-order valence-electron chi connectivity index (χ2n) is 3.67. The first-order valence-corrected chi connectivity index (χ1v) is 4.81. The summed E-state index contributed by atoms with van der Waals surface area (Å²) in [7, 11) is 1.88. The highest BCUT2D eigenvalue weighted by molar-refractivity contribution is 5.46. The highest BCUT2D eigenvalue weighted by atomic mass is 19.1. The predicted octanol–water partition coefficient (Wildman–Crippen LogP) is 1.86. The Kier molecular flexibility index (Phi) is 3.89. The third kappa shape index (κ3) is 2.70. The number of para-hydroxylation sites is 1. The fourth-order valence-electron chi connectivity index (χ4n) is 1.40. The van der Waals surface area contributed by atoms with Crippen LogP contribution < -0.4 is 10.6 Å². The largest absolute Gasteiger partial charge is 0.372 e. The summed E-state index contributed by atoms with van der Waals surface area (Å²) in [6, 6.07) is 6.78. The number of nitrogens with two attached hydrogens (primary N) is 1. The Balaban J connectivity index is 2.69. The fraction of sp³-hybridized carbons (Fsp3) is 0.455. The number of rotatable bonds is 4. The Hall–Kier alpha value is -1.09. The Morgan fingerprint density at radius 3 is 2.64 bits per heavy atom. The van der Waals surface area contributed by atoms with E-state index < -0.39 is 0 Å². The van der Waals surface area contributed by atoms with E-state index in [2.05, 4.69) is 6.92 Å². The predicted molar refractivity (Wildman–Crippen MR) is 57.9 cm³/mol. The molecule has 0 saturated carbocycles. The van der Waals surface area contributed by atoms with E-state index in [1.54, 1.807) is 12.1 Å². The van der Waals surface area contributed by atoms with Gasteiger partial charge in [-0.05, 0) is 24.6 Å². The van der Waals surface area contributed by atoms with Gasteiger partial charge in [0.05, 0.1) is 5.69 Å². The molecule has 0 amide bonds. The van der Waals surface area contributed by atoms with Crippen molar-refractivity contribution in [2.24, 2.45) is 11.7 Å². The standard InChI is InChI=1S/C11H17FN2/c1-9(7-13)8-14(2)11-6-4-3-5-10(11)12/h3-6,9H,7-8,13H2,1-2H3. The second kappa shape index (κ2) is 4.96. The third-order valence-electron chi connectivity index (χ3n) is 2.25.